The molecule has 0 spiro atoms. The molecule has 0 aliphatic carbocycles. The summed E-state index contributed by atoms with van der Waals surface area (Å²) in [5, 5.41) is 0. The predicted molar refractivity (Wildman–Crippen MR) is 84.2 cm³/mol. The van der Waals surface area contributed by atoms with Crippen molar-refractivity contribution in [2.24, 2.45) is 0 Å². The molecule has 0 aliphatic heterocycles. The van der Waals surface area contributed by atoms with Crippen LogP contribution in [-0.4, -0.2) is 36.3 Å². The molecule has 0 aromatic carbocycles. The summed E-state index contributed by atoms with van der Waals surface area (Å²) in [6.45, 7) is 14.0. The summed E-state index contributed by atoms with van der Waals surface area (Å²) in [6.07, 6.45) is 0. The normalized spacial score (nSPS) is 12.0. The minimum absolute atomic E-state index is 0.125. The van der Waals surface area contributed by atoms with Gasteiger partial charge in [0.05, 0.1) is 6.61 Å². The van der Waals surface area contributed by atoms with Crippen LogP contribution < -0.4 is 10.6 Å². The molecule has 1 aromatic rings. The van der Waals surface area contributed by atoms with Crippen LogP contribution in [0.1, 0.15) is 46.0 Å². The van der Waals surface area contributed by atoms with Crippen molar-refractivity contribution >= 4 is 11.6 Å². The first kappa shape index (κ1) is 16.7. The van der Waals surface area contributed by atoms with Crippen LogP contribution in [0, 0.1) is 6.92 Å². The van der Waals surface area contributed by atoms with Gasteiger partial charge in [0.15, 0.2) is 0 Å². The summed E-state index contributed by atoms with van der Waals surface area (Å²) < 4.78 is 5.20. The zero-order valence-corrected chi connectivity index (χ0v) is 13.8. The first-order valence-electron chi connectivity index (χ1n) is 7.08. The molecule has 2 N–H and O–H groups in total. The molecule has 0 fully saturated rings. The Hall–Kier alpha value is -1.36. The quantitative estimate of drug-likeness (QED) is 0.898. The fourth-order valence-electron chi connectivity index (χ4n) is 1.94. The first-order chi connectivity index (χ1) is 9.18. The number of hydrogen-bond acceptors (Lipinski definition) is 5. The van der Waals surface area contributed by atoms with Crippen molar-refractivity contribution in [3.05, 3.63) is 11.4 Å². The molecule has 0 saturated carbocycles. The summed E-state index contributed by atoms with van der Waals surface area (Å²) >= 11 is 0. The molecular weight excluding hydrogens is 252 g/mol. The van der Waals surface area contributed by atoms with Crippen molar-refractivity contribution in [2.45, 2.75) is 53.0 Å². The van der Waals surface area contributed by atoms with Gasteiger partial charge in [0.25, 0.3) is 0 Å². The van der Waals surface area contributed by atoms with Gasteiger partial charge in [0.1, 0.15) is 17.5 Å². The highest BCUT2D eigenvalue weighted by molar-refractivity contribution is 5.57. The summed E-state index contributed by atoms with van der Waals surface area (Å²) in [5.74, 6) is 2.25. The second-order valence-corrected chi connectivity index (χ2v) is 6.41. The number of nitrogens with zero attached hydrogens (tertiary/aromatic N) is 3. The van der Waals surface area contributed by atoms with Gasteiger partial charge in [-0.1, -0.05) is 20.8 Å². The zero-order valence-electron chi connectivity index (χ0n) is 13.8. The maximum absolute atomic E-state index is 6.08. The Bertz CT molecular complexity index is 452. The van der Waals surface area contributed by atoms with Gasteiger partial charge < -0.3 is 15.4 Å². The molecule has 0 radical (unpaired) electrons. The van der Waals surface area contributed by atoms with E-state index >= 15 is 0 Å². The summed E-state index contributed by atoms with van der Waals surface area (Å²) in [6, 6.07) is 0.325. The summed E-state index contributed by atoms with van der Waals surface area (Å²) in [7, 11) is 1.71. The van der Waals surface area contributed by atoms with Gasteiger partial charge in [0, 0.05) is 30.7 Å². The molecule has 0 atom stereocenters. The van der Waals surface area contributed by atoms with Crippen LogP contribution in [0.15, 0.2) is 0 Å². The van der Waals surface area contributed by atoms with E-state index in [2.05, 4.69) is 44.5 Å². The topological polar surface area (TPSA) is 64.3 Å². The third kappa shape index (κ3) is 3.82. The molecule has 0 unspecified atom stereocenters. The fraction of sp³-hybridized carbons (Fsp3) is 0.733. The Morgan fingerprint density at radius 1 is 1.25 bits per heavy atom. The van der Waals surface area contributed by atoms with Crippen molar-refractivity contribution in [1.82, 2.24) is 9.97 Å². The SMILES string of the molecule is COCCN(c1nc(C(C)(C)C)nc(N)c1C)C(C)C. The third-order valence-electron chi connectivity index (χ3n) is 3.26. The van der Waals surface area contributed by atoms with Crippen molar-refractivity contribution in [2.75, 3.05) is 30.9 Å². The Labute approximate surface area is 122 Å². The van der Waals surface area contributed by atoms with E-state index in [9.17, 15) is 0 Å². The number of methoxy groups -OCH3 is 1. The molecule has 20 heavy (non-hydrogen) atoms. The molecular formula is C15H28N4O. The number of nitrogens with two attached hydrogens (primary N) is 1. The lowest BCUT2D eigenvalue weighted by molar-refractivity contribution is 0.203. The lowest BCUT2D eigenvalue weighted by atomic mass is 9.95. The van der Waals surface area contributed by atoms with E-state index in [1.807, 2.05) is 6.92 Å². The predicted octanol–water partition coefficient (Wildman–Crippen LogP) is 2.53. The van der Waals surface area contributed by atoms with Gasteiger partial charge in [-0.2, -0.15) is 0 Å². The number of aromatic nitrogens is 2. The number of rotatable bonds is 5. The Kier molecular flexibility index (Phi) is 5.34. The molecule has 0 amide bonds. The van der Waals surface area contributed by atoms with E-state index in [1.165, 1.54) is 0 Å². The van der Waals surface area contributed by atoms with Gasteiger partial charge in [-0.05, 0) is 20.8 Å². The number of nitrogen functional groups attached to an aromatic ring is 1. The van der Waals surface area contributed by atoms with Gasteiger partial charge in [0.2, 0.25) is 0 Å². The van der Waals surface area contributed by atoms with E-state index in [4.69, 9.17) is 15.5 Å². The van der Waals surface area contributed by atoms with Crippen LogP contribution in [0.3, 0.4) is 0 Å². The zero-order chi connectivity index (χ0) is 15.5. The number of hydrogen-bond donors (Lipinski definition) is 1. The van der Waals surface area contributed by atoms with Gasteiger partial charge in [-0.15, -0.1) is 0 Å². The highest BCUT2D eigenvalue weighted by Crippen LogP contribution is 2.27. The van der Waals surface area contributed by atoms with Crippen LogP contribution in [0.5, 0.6) is 0 Å². The van der Waals surface area contributed by atoms with Crippen LogP contribution in [-0.2, 0) is 10.2 Å². The molecule has 5 heteroatoms. The minimum Gasteiger partial charge on any atom is -0.383 e. The highest BCUT2D eigenvalue weighted by Gasteiger charge is 2.23. The standard InChI is InChI=1S/C15H28N4O/c1-10(2)19(8-9-20-7)13-11(3)12(16)17-14(18-13)15(4,5)6/h10H,8-9H2,1-7H3,(H2,16,17,18). The molecule has 1 rings (SSSR count). The summed E-state index contributed by atoms with van der Waals surface area (Å²) in [5.41, 5.74) is 6.88. The smallest absolute Gasteiger partial charge is 0.138 e. The fourth-order valence-corrected chi connectivity index (χ4v) is 1.94. The second-order valence-electron chi connectivity index (χ2n) is 6.41. The van der Waals surface area contributed by atoms with E-state index in [-0.39, 0.29) is 5.41 Å². The van der Waals surface area contributed by atoms with Crippen molar-refractivity contribution < 1.29 is 4.74 Å². The highest BCUT2D eigenvalue weighted by atomic mass is 16.5. The van der Waals surface area contributed by atoms with Crippen LogP contribution in [0.4, 0.5) is 11.6 Å². The average Bonchev–Trinajstić information content (AvgIpc) is 2.32. The summed E-state index contributed by atoms with van der Waals surface area (Å²) in [4.78, 5) is 11.4. The Morgan fingerprint density at radius 2 is 1.85 bits per heavy atom. The first-order valence-corrected chi connectivity index (χ1v) is 7.08. The van der Waals surface area contributed by atoms with Crippen LogP contribution in [0.25, 0.3) is 0 Å². The third-order valence-corrected chi connectivity index (χ3v) is 3.26. The van der Waals surface area contributed by atoms with E-state index in [1.54, 1.807) is 7.11 Å². The molecule has 1 aromatic heterocycles. The molecule has 0 bridgehead atoms. The maximum Gasteiger partial charge on any atom is 0.138 e. The number of ether oxygens (including phenoxy) is 1. The lowest BCUT2D eigenvalue weighted by Crippen LogP contribution is -2.36. The maximum atomic E-state index is 6.08. The van der Waals surface area contributed by atoms with Crippen LogP contribution >= 0.6 is 0 Å². The van der Waals surface area contributed by atoms with Gasteiger partial charge >= 0.3 is 0 Å². The van der Waals surface area contributed by atoms with E-state index in [0.29, 0.717) is 18.5 Å². The largest absolute Gasteiger partial charge is 0.383 e. The van der Waals surface area contributed by atoms with Crippen molar-refractivity contribution in [3.8, 4) is 0 Å². The average molecular weight is 280 g/mol. The molecule has 1 heterocycles. The minimum atomic E-state index is -0.125. The Balaban J connectivity index is 3.29. The van der Waals surface area contributed by atoms with Crippen LogP contribution in [0.2, 0.25) is 0 Å². The van der Waals surface area contributed by atoms with E-state index < -0.39 is 0 Å². The molecule has 0 saturated heterocycles. The van der Waals surface area contributed by atoms with Crippen molar-refractivity contribution in [1.29, 1.82) is 0 Å². The molecule has 5 nitrogen and oxygen atoms in total. The number of anilines is 2. The lowest BCUT2D eigenvalue weighted by Gasteiger charge is -2.30. The molecule has 0 aliphatic rings. The Morgan fingerprint density at radius 3 is 2.30 bits per heavy atom. The van der Waals surface area contributed by atoms with E-state index in [0.717, 1.165) is 23.8 Å². The second kappa shape index (κ2) is 6.39. The van der Waals surface area contributed by atoms with Crippen molar-refractivity contribution in [3.63, 3.8) is 0 Å². The monoisotopic (exact) mass is 280 g/mol. The van der Waals surface area contributed by atoms with Gasteiger partial charge in [-0.25, -0.2) is 9.97 Å². The van der Waals surface area contributed by atoms with Gasteiger partial charge in [-0.3, -0.25) is 0 Å². The molecule has 114 valence electrons.